The van der Waals surface area contributed by atoms with Gasteiger partial charge in [0.25, 0.3) is 0 Å². The Morgan fingerprint density at radius 2 is 1.71 bits per heavy atom. The van der Waals surface area contributed by atoms with Crippen LogP contribution < -0.4 is 0 Å². The van der Waals surface area contributed by atoms with E-state index in [1.54, 1.807) is 6.92 Å². The highest BCUT2D eigenvalue weighted by molar-refractivity contribution is 6.22. The Morgan fingerprint density at radius 3 is 2.12 bits per heavy atom. The van der Waals surface area contributed by atoms with Crippen LogP contribution in [0.4, 0.5) is 0 Å². The van der Waals surface area contributed by atoms with E-state index in [2.05, 4.69) is 0 Å². The van der Waals surface area contributed by atoms with Gasteiger partial charge in [0.2, 0.25) is 23.1 Å². The topological polar surface area (TPSA) is 69.7 Å². The Morgan fingerprint density at radius 1 is 1.18 bits per heavy atom. The van der Waals surface area contributed by atoms with Crippen molar-refractivity contribution < 1.29 is 23.9 Å². The van der Waals surface area contributed by atoms with E-state index in [9.17, 15) is 14.4 Å². The van der Waals surface area contributed by atoms with Crippen molar-refractivity contribution in [3.63, 3.8) is 0 Å². The Labute approximate surface area is 99.1 Å². The van der Waals surface area contributed by atoms with Crippen molar-refractivity contribution in [2.24, 2.45) is 5.92 Å². The fraction of sp³-hybridized carbons (Fsp3) is 0.417. The van der Waals surface area contributed by atoms with Crippen molar-refractivity contribution in [2.45, 2.75) is 13.8 Å². The van der Waals surface area contributed by atoms with E-state index in [1.165, 1.54) is 21.1 Å². The Balaban J connectivity index is 3.22. The van der Waals surface area contributed by atoms with Gasteiger partial charge in [-0.3, -0.25) is 14.4 Å². The second-order valence-electron chi connectivity index (χ2n) is 3.69. The zero-order valence-electron chi connectivity index (χ0n) is 10.2. The number of ether oxygens (including phenoxy) is 2. The number of hydrogen-bond acceptors (Lipinski definition) is 5. The summed E-state index contributed by atoms with van der Waals surface area (Å²) in [6.45, 7) is 2.94. The van der Waals surface area contributed by atoms with Crippen molar-refractivity contribution in [3.8, 4) is 0 Å². The summed E-state index contributed by atoms with van der Waals surface area (Å²) in [6, 6.07) is 0. The summed E-state index contributed by atoms with van der Waals surface area (Å²) in [7, 11) is 2.56. The fourth-order valence-corrected chi connectivity index (χ4v) is 1.54. The first-order valence-electron chi connectivity index (χ1n) is 5.07. The number of allylic oxidation sites excluding steroid dienone is 2. The highest BCUT2D eigenvalue weighted by atomic mass is 16.5. The van der Waals surface area contributed by atoms with Crippen molar-refractivity contribution >= 4 is 17.3 Å². The van der Waals surface area contributed by atoms with Gasteiger partial charge in [0.1, 0.15) is 5.78 Å². The van der Waals surface area contributed by atoms with Gasteiger partial charge in [-0.05, 0) is 13.0 Å². The molecule has 1 aliphatic rings. The molecule has 0 aromatic rings. The van der Waals surface area contributed by atoms with Gasteiger partial charge in [0, 0.05) is 11.5 Å². The maximum atomic E-state index is 12.0. The molecule has 0 aliphatic heterocycles. The number of rotatable bonds is 4. The first-order chi connectivity index (χ1) is 7.93. The summed E-state index contributed by atoms with van der Waals surface area (Å²) >= 11 is 0. The van der Waals surface area contributed by atoms with Crippen molar-refractivity contribution in [2.75, 3.05) is 14.2 Å². The quantitative estimate of drug-likeness (QED) is 0.677. The molecule has 92 valence electrons. The molecular formula is C12H14O5. The lowest BCUT2D eigenvalue weighted by molar-refractivity contribution is -0.123. The molecule has 17 heavy (non-hydrogen) atoms. The summed E-state index contributed by atoms with van der Waals surface area (Å²) < 4.78 is 9.69. The van der Waals surface area contributed by atoms with Gasteiger partial charge in [-0.15, -0.1) is 0 Å². The molecule has 0 N–H and O–H groups in total. The molecule has 0 spiro atoms. The van der Waals surface area contributed by atoms with Gasteiger partial charge >= 0.3 is 0 Å². The molecular weight excluding hydrogens is 224 g/mol. The number of hydrogen-bond donors (Lipinski definition) is 0. The summed E-state index contributed by atoms with van der Waals surface area (Å²) in [5.41, 5.74) is 0.139. The van der Waals surface area contributed by atoms with Crippen LogP contribution >= 0.6 is 0 Å². The van der Waals surface area contributed by atoms with E-state index in [4.69, 9.17) is 9.47 Å². The van der Waals surface area contributed by atoms with Crippen LogP contribution in [0.25, 0.3) is 0 Å². The molecule has 0 aromatic heterocycles. The van der Waals surface area contributed by atoms with Gasteiger partial charge in [-0.1, -0.05) is 6.92 Å². The Bertz CT molecular complexity index is 442. The van der Waals surface area contributed by atoms with Crippen molar-refractivity contribution in [3.05, 3.63) is 23.2 Å². The summed E-state index contributed by atoms with van der Waals surface area (Å²) in [4.78, 5) is 34.9. The third kappa shape index (κ3) is 2.27. The predicted molar refractivity (Wildman–Crippen MR) is 59.0 cm³/mol. The molecule has 0 saturated heterocycles. The van der Waals surface area contributed by atoms with Crippen LogP contribution in [0.3, 0.4) is 0 Å². The molecule has 5 heteroatoms. The lowest BCUT2D eigenvalue weighted by atomic mass is 9.88. The normalized spacial score (nSPS) is 17.8. The number of carbonyl (C=O) groups is 3. The number of carbonyl (C=O) groups excluding carboxylic acids is 3. The monoisotopic (exact) mass is 238 g/mol. The van der Waals surface area contributed by atoms with E-state index in [0.717, 1.165) is 6.08 Å². The average Bonchev–Trinajstić information content (AvgIpc) is 2.29. The molecule has 0 bridgehead atoms. The van der Waals surface area contributed by atoms with Gasteiger partial charge < -0.3 is 9.47 Å². The molecule has 0 heterocycles. The molecule has 0 fully saturated rings. The minimum Gasteiger partial charge on any atom is -0.490 e. The van der Waals surface area contributed by atoms with Crippen LogP contribution in [0.5, 0.6) is 0 Å². The van der Waals surface area contributed by atoms with Gasteiger partial charge in [-0.25, -0.2) is 0 Å². The minimum atomic E-state index is -0.630. The number of Topliss-reactive ketones (excluding diaryl/α,β-unsaturated/α-hetero) is 2. The summed E-state index contributed by atoms with van der Waals surface area (Å²) in [5, 5.41) is 0. The summed E-state index contributed by atoms with van der Waals surface area (Å²) in [5.74, 6) is -2.04. The third-order valence-electron chi connectivity index (χ3n) is 2.67. The zero-order valence-corrected chi connectivity index (χ0v) is 10.2. The number of methoxy groups -OCH3 is 2. The fourth-order valence-electron chi connectivity index (χ4n) is 1.54. The maximum absolute atomic E-state index is 12.0. The Hall–Kier alpha value is -1.91. The van der Waals surface area contributed by atoms with Crippen molar-refractivity contribution in [1.82, 2.24) is 0 Å². The van der Waals surface area contributed by atoms with Crippen LogP contribution in [0, 0.1) is 5.92 Å². The Kier molecular flexibility index (Phi) is 3.83. The predicted octanol–water partition coefficient (Wildman–Crippen LogP) is 0.794. The van der Waals surface area contributed by atoms with E-state index in [1.807, 2.05) is 0 Å². The second-order valence-corrected chi connectivity index (χ2v) is 3.69. The maximum Gasteiger partial charge on any atom is 0.228 e. The molecule has 1 atom stereocenters. The first-order valence-corrected chi connectivity index (χ1v) is 5.07. The van der Waals surface area contributed by atoms with E-state index in [0.29, 0.717) is 0 Å². The van der Waals surface area contributed by atoms with Crippen LogP contribution in [0.1, 0.15) is 13.8 Å². The number of ketones is 3. The molecule has 1 aliphatic carbocycles. The molecule has 0 saturated carbocycles. The van der Waals surface area contributed by atoms with Crippen LogP contribution in [0.2, 0.25) is 0 Å². The average molecular weight is 238 g/mol. The zero-order chi connectivity index (χ0) is 13.2. The SMILES string of the molecule is COC1=C(OC)C(=O)C(C(C)C(C)=O)=CC1=O. The van der Waals surface area contributed by atoms with E-state index < -0.39 is 17.5 Å². The standard InChI is InChI=1S/C12H14O5/c1-6(7(2)13)8-5-9(14)11(16-3)12(17-4)10(8)15/h5-6H,1-4H3. The van der Waals surface area contributed by atoms with Crippen LogP contribution in [-0.4, -0.2) is 31.6 Å². The van der Waals surface area contributed by atoms with Crippen molar-refractivity contribution in [1.29, 1.82) is 0 Å². The van der Waals surface area contributed by atoms with Crippen LogP contribution in [-0.2, 0) is 23.9 Å². The van der Waals surface area contributed by atoms with E-state index >= 15 is 0 Å². The molecule has 0 radical (unpaired) electrons. The molecule has 1 unspecified atom stereocenters. The second kappa shape index (κ2) is 4.95. The lowest BCUT2D eigenvalue weighted by Gasteiger charge is -2.19. The molecule has 0 aromatic carbocycles. The molecule has 5 nitrogen and oxygen atoms in total. The highest BCUT2D eigenvalue weighted by Crippen LogP contribution is 2.25. The van der Waals surface area contributed by atoms with Crippen LogP contribution in [0.15, 0.2) is 23.2 Å². The summed E-state index contributed by atoms with van der Waals surface area (Å²) in [6.07, 6.45) is 1.13. The van der Waals surface area contributed by atoms with E-state index in [-0.39, 0.29) is 22.9 Å². The highest BCUT2D eigenvalue weighted by Gasteiger charge is 2.34. The first kappa shape index (κ1) is 13.2. The largest absolute Gasteiger partial charge is 0.490 e. The smallest absolute Gasteiger partial charge is 0.228 e. The third-order valence-corrected chi connectivity index (χ3v) is 2.67. The molecule has 1 rings (SSSR count). The molecule has 0 amide bonds. The lowest BCUT2D eigenvalue weighted by Crippen LogP contribution is -2.26. The van der Waals surface area contributed by atoms with Gasteiger partial charge in [0.05, 0.1) is 14.2 Å². The van der Waals surface area contributed by atoms with Gasteiger partial charge in [-0.2, -0.15) is 0 Å². The van der Waals surface area contributed by atoms with Gasteiger partial charge in [0.15, 0.2) is 0 Å². The minimum absolute atomic E-state index is 0.128.